The standard InChI is InChI=1S/C6H6ClNO3S/c7-12(10,11)4-5-1-2-8-6(9)3-5/h1-3H,4H2,(H,8,9). The topological polar surface area (TPSA) is 67.0 Å². The van der Waals surface area contributed by atoms with Gasteiger partial charge in [-0.2, -0.15) is 0 Å². The van der Waals surface area contributed by atoms with E-state index in [-0.39, 0.29) is 11.3 Å². The molecule has 1 rings (SSSR count). The molecule has 0 saturated heterocycles. The Kier molecular flexibility index (Phi) is 2.54. The summed E-state index contributed by atoms with van der Waals surface area (Å²) < 4.78 is 21.1. The molecular formula is C6H6ClNO3S. The molecule has 1 heterocycles. The van der Waals surface area contributed by atoms with Gasteiger partial charge in [0.05, 0.1) is 5.75 Å². The Morgan fingerprint density at radius 1 is 1.50 bits per heavy atom. The maximum Gasteiger partial charge on any atom is 0.248 e. The van der Waals surface area contributed by atoms with Gasteiger partial charge in [0, 0.05) is 22.9 Å². The first-order chi connectivity index (χ1) is 5.47. The van der Waals surface area contributed by atoms with Crippen LogP contribution in [0.2, 0.25) is 0 Å². The van der Waals surface area contributed by atoms with Crippen LogP contribution in [0.3, 0.4) is 0 Å². The van der Waals surface area contributed by atoms with E-state index < -0.39 is 9.05 Å². The Balaban J connectivity index is 2.99. The second-order valence-electron chi connectivity index (χ2n) is 2.24. The lowest BCUT2D eigenvalue weighted by Crippen LogP contribution is -2.05. The van der Waals surface area contributed by atoms with Crippen molar-refractivity contribution < 1.29 is 8.42 Å². The van der Waals surface area contributed by atoms with E-state index in [0.717, 1.165) is 0 Å². The zero-order chi connectivity index (χ0) is 9.19. The Labute approximate surface area is 73.6 Å². The summed E-state index contributed by atoms with van der Waals surface area (Å²) in [5.74, 6) is -0.321. The highest BCUT2D eigenvalue weighted by atomic mass is 35.7. The van der Waals surface area contributed by atoms with Crippen molar-refractivity contribution in [3.63, 3.8) is 0 Å². The molecule has 6 heteroatoms. The second-order valence-corrected chi connectivity index (χ2v) is 5.02. The predicted octanol–water partition coefficient (Wildman–Crippen LogP) is 0.444. The number of pyridine rings is 1. The average molecular weight is 208 g/mol. The number of nitrogens with one attached hydrogen (secondary N) is 1. The van der Waals surface area contributed by atoms with Crippen LogP contribution in [0.4, 0.5) is 0 Å². The number of aromatic amines is 1. The van der Waals surface area contributed by atoms with Gasteiger partial charge in [-0.05, 0) is 11.6 Å². The van der Waals surface area contributed by atoms with Crippen molar-refractivity contribution in [2.45, 2.75) is 5.75 Å². The molecule has 0 aromatic carbocycles. The summed E-state index contributed by atoms with van der Waals surface area (Å²) in [6.45, 7) is 0. The molecule has 0 unspecified atom stereocenters. The molecule has 66 valence electrons. The molecule has 0 aliphatic heterocycles. The first kappa shape index (κ1) is 9.28. The molecule has 0 radical (unpaired) electrons. The van der Waals surface area contributed by atoms with Crippen LogP contribution >= 0.6 is 10.7 Å². The van der Waals surface area contributed by atoms with Crippen LogP contribution in [0.1, 0.15) is 5.56 Å². The summed E-state index contributed by atoms with van der Waals surface area (Å²) in [6, 6.07) is 2.68. The Morgan fingerprint density at radius 3 is 2.67 bits per heavy atom. The smallest absolute Gasteiger partial charge is 0.248 e. The first-order valence-electron chi connectivity index (χ1n) is 3.07. The molecule has 4 nitrogen and oxygen atoms in total. The van der Waals surface area contributed by atoms with Crippen molar-refractivity contribution >= 4 is 19.7 Å². The van der Waals surface area contributed by atoms with Crippen molar-refractivity contribution in [3.05, 3.63) is 34.2 Å². The van der Waals surface area contributed by atoms with Crippen molar-refractivity contribution in [2.75, 3.05) is 0 Å². The lowest BCUT2D eigenvalue weighted by Gasteiger charge is -1.94. The highest BCUT2D eigenvalue weighted by molar-refractivity contribution is 8.13. The molecule has 12 heavy (non-hydrogen) atoms. The van der Waals surface area contributed by atoms with Crippen molar-refractivity contribution in [1.29, 1.82) is 0 Å². The van der Waals surface area contributed by atoms with Crippen LogP contribution in [0, 0.1) is 0 Å². The third kappa shape index (κ3) is 3.06. The Hall–Kier alpha value is -0.810. The quantitative estimate of drug-likeness (QED) is 0.716. The van der Waals surface area contributed by atoms with Gasteiger partial charge in [-0.25, -0.2) is 8.42 Å². The third-order valence-corrected chi connectivity index (χ3v) is 2.18. The molecule has 0 atom stereocenters. The summed E-state index contributed by atoms with van der Waals surface area (Å²) in [5.41, 5.74) is 0.0431. The van der Waals surface area contributed by atoms with E-state index in [2.05, 4.69) is 4.98 Å². The average Bonchev–Trinajstić information content (AvgIpc) is 1.82. The molecule has 0 aliphatic rings. The SMILES string of the molecule is O=c1cc(CS(=O)(=O)Cl)cc[nH]1. The molecule has 0 spiro atoms. The van der Waals surface area contributed by atoms with Crippen molar-refractivity contribution in [3.8, 4) is 0 Å². The van der Waals surface area contributed by atoms with Gasteiger partial charge in [0.1, 0.15) is 0 Å². The molecule has 1 aromatic rings. The molecule has 0 saturated carbocycles. The van der Waals surface area contributed by atoms with E-state index in [1.807, 2.05) is 0 Å². The lowest BCUT2D eigenvalue weighted by molar-refractivity contribution is 0.609. The van der Waals surface area contributed by atoms with Gasteiger partial charge in [-0.3, -0.25) is 4.79 Å². The fourth-order valence-electron chi connectivity index (χ4n) is 0.778. The van der Waals surface area contributed by atoms with E-state index in [0.29, 0.717) is 5.56 Å². The molecular weight excluding hydrogens is 202 g/mol. The first-order valence-corrected chi connectivity index (χ1v) is 5.55. The second kappa shape index (κ2) is 3.28. The predicted molar refractivity (Wildman–Crippen MR) is 45.5 cm³/mol. The molecule has 0 amide bonds. The fourth-order valence-corrected chi connectivity index (χ4v) is 1.73. The van der Waals surface area contributed by atoms with Gasteiger partial charge in [-0.1, -0.05) is 0 Å². The molecule has 1 N–H and O–H groups in total. The Bertz CT molecular complexity index is 422. The van der Waals surface area contributed by atoms with Crippen LogP contribution in [0.15, 0.2) is 23.1 Å². The minimum absolute atomic E-state index is 0.321. The number of hydrogen-bond donors (Lipinski definition) is 1. The molecule has 0 aliphatic carbocycles. The summed E-state index contributed by atoms with van der Waals surface area (Å²) >= 11 is 0. The van der Waals surface area contributed by atoms with Gasteiger partial charge in [-0.15, -0.1) is 0 Å². The van der Waals surface area contributed by atoms with Crippen LogP contribution in [0.25, 0.3) is 0 Å². The largest absolute Gasteiger partial charge is 0.329 e. The van der Waals surface area contributed by atoms with E-state index in [1.165, 1.54) is 18.3 Å². The maximum absolute atomic E-state index is 10.7. The van der Waals surface area contributed by atoms with Crippen LogP contribution in [-0.2, 0) is 14.8 Å². The van der Waals surface area contributed by atoms with E-state index in [4.69, 9.17) is 10.7 Å². The molecule has 1 aromatic heterocycles. The third-order valence-electron chi connectivity index (χ3n) is 1.18. The van der Waals surface area contributed by atoms with Gasteiger partial charge in [0.2, 0.25) is 14.6 Å². The van der Waals surface area contributed by atoms with Crippen molar-refractivity contribution in [1.82, 2.24) is 4.98 Å². The summed E-state index contributed by atoms with van der Waals surface area (Å²) in [6.07, 6.45) is 1.37. The van der Waals surface area contributed by atoms with E-state index >= 15 is 0 Å². The van der Waals surface area contributed by atoms with Gasteiger partial charge < -0.3 is 4.98 Å². The van der Waals surface area contributed by atoms with E-state index in [1.54, 1.807) is 0 Å². The number of halogens is 1. The van der Waals surface area contributed by atoms with Crippen LogP contribution in [-0.4, -0.2) is 13.4 Å². The minimum Gasteiger partial charge on any atom is -0.329 e. The normalized spacial score (nSPS) is 11.4. The van der Waals surface area contributed by atoms with Crippen LogP contribution in [0.5, 0.6) is 0 Å². The zero-order valence-corrected chi connectivity index (χ0v) is 7.52. The van der Waals surface area contributed by atoms with Gasteiger partial charge in [0.15, 0.2) is 0 Å². The Morgan fingerprint density at radius 2 is 2.17 bits per heavy atom. The summed E-state index contributed by atoms with van der Waals surface area (Å²) in [4.78, 5) is 13.0. The number of hydrogen-bond acceptors (Lipinski definition) is 3. The molecule has 0 bridgehead atoms. The number of H-pyrrole nitrogens is 1. The zero-order valence-electron chi connectivity index (χ0n) is 5.95. The highest BCUT2D eigenvalue weighted by Crippen LogP contribution is 2.06. The summed E-state index contributed by atoms with van der Waals surface area (Å²) in [7, 11) is 1.41. The van der Waals surface area contributed by atoms with Gasteiger partial charge >= 0.3 is 0 Å². The molecule has 0 fully saturated rings. The number of rotatable bonds is 2. The monoisotopic (exact) mass is 207 g/mol. The fraction of sp³-hybridized carbons (Fsp3) is 0.167. The maximum atomic E-state index is 10.7. The van der Waals surface area contributed by atoms with Crippen molar-refractivity contribution in [2.24, 2.45) is 0 Å². The van der Waals surface area contributed by atoms with Crippen LogP contribution < -0.4 is 5.56 Å². The van der Waals surface area contributed by atoms with E-state index in [9.17, 15) is 13.2 Å². The number of aromatic nitrogens is 1. The minimum atomic E-state index is -3.57. The van der Waals surface area contributed by atoms with Gasteiger partial charge in [0.25, 0.3) is 0 Å². The summed E-state index contributed by atoms with van der Waals surface area (Å²) in [5, 5.41) is 0. The highest BCUT2D eigenvalue weighted by Gasteiger charge is 2.06. The lowest BCUT2D eigenvalue weighted by atomic mass is 10.3.